The zero-order valence-corrected chi connectivity index (χ0v) is 17.4. The molecule has 0 atom stereocenters. The van der Waals surface area contributed by atoms with Crippen LogP contribution in [0.3, 0.4) is 0 Å². The summed E-state index contributed by atoms with van der Waals surface area (Å²) in [6, 6.07) is 11.9. The monoisotopic (exact) mass is 406 g/mol. The molecule has 0 aliphatic rings. The van der Waals surface area contributed by atoms with Crippen molar-refractivity contribution in [2.75, 3.05) is 0 Å². The predicted octanol–water partition coefficient (Wildman–Crippen LogP) is 4.28. The van der Waals surface area contributed by atoms with Crippen LogP contribution in [0.1, 0.15) is 69.5 Å². The minimum Gasteiger partial charge on any atom is -0.478 e. The number of primary amides is 1. The number of rotatable bonds is 8. The van der Waals surface area contributed by atoms with Gasteiger partial charge in [0.1, 0.15) is 0 Å². The Morgan fingerprint density at radius 2 is 1.80 bits per heavy atom. The molecule has 1 heterocycles. The maximum absolute atomic E-state index is 13.1. The van der Waals surface area contributed by atoms with E-state index in [9.17, 15) is 19.5 Å². The van der Waals surface area contributed by atoms with Gasteiger partial charge in [-0.05, 0) is 30.2 Å². The van der Waals surface area contributed by atoms with Crippen molar-refractivity contribution in [3.63, 3.8) is 0 Å². The average molecular weight is 406 g/mol. The smallest absolute Gasteiger partial charge is 0.336 e. The fourth-order valence-electron chi connectivity index (χ4n) is 3.83. The Kier molecular flexibility index (Phi) is 6.06. The molecule has 0 spiro atoms. The third-order valence-corrected chi connectivity index (χ3v) is 5.29. The molecule has 156 valence electrons. The Hall–Kier alpha value is -3.41. The molecule has 3 rings (SSSR count). The fraction of sp³-hybridized carbons (Fsp3) is 0.292. The first-order valence-electron chi connectivity index (χ1n) is 10.1. The first kappa shape index (κ1) is 21.3. The highest BCUT2D eigenvalue weighted by Crippen LogP contribution is 2.31. The molecule has 3 aromatic rings. The first-order valence-corrected chi connectivity index (χ1v) is 10.1. The summed E-state index contributed by atoms with van der Waals surface area (Å²) in [6.07, 6.45) is 1.47. The summed E-state index contributed by atoms with van der Waals surface area (Å²) in [5.41, 5.74) is 8.89. The Morgan fingerprint density at radius 3 is 2.40 bits per heavy atom. The second kappa shape index (κ2) is 8.53. The van der Waals surface area contributed by atoms with Crippen molar-refractivity contribution in [2.45, 2.75) is 40.2 Å². The summed E-state index contributed by atoms with van der Waals surface area (Å²) >= 11 is 0. The summed E-state index contributed by atoms with van der Waals surface area (Å²) in [7, 11) is 0. The van der Waals surface area contributed by atoms with Crippen LogP contribution >= 0.6 is 0 Å². The van der Waals surface area contributed by atoms with E-state index in [4.69, 9.17) is 5.73 Å². The van der Waals surface area contributed by atoms with Crippen molar-refractivity contribution in [2.24, 2.45) is 11.7 Å². The second-order valence-electron chi connectivity index (χ2n) is 7.74. The number of carboxylic acids is 1. The van der Waals surface area contributed by atoms with Gasteiger partial charge < -0.3 is 15.4 Å². The van der Waals surface area contributed by atoms with Crippen LogP contribution < -0.4 is 5.73 Å². The molecule has 0 bridgehead atoms. The van der Waals surface area contributed by atoms with Crippen LogP contribution in [0, 0.1) is 5.92 Å². The lowest BCUT2D eigenvalue weighted by Crippen LogP contribution is -2.14. The van der Waals surface area contributed by atoms with Crippen molar-refractivity contribution < 1.29 is 19.5 Å². The highest BCUT2D eigenvalue weighted by Gasteiger charge is 2.25. The van der Waals surface area contributed by atoms with Gasteiger partial charge in [0.2, 0.25) is 5.91 Å². The van der Waals surface area contributed by atoms with Gasteiger partial charge in [0.25, 0.3) is 0 Å². The van der Waals surface area contributed by atoms with Crippen LogP contribution in [-0.4, -0.2) is 27.3 Å². The van der Waals surface area contributed by atoms with Gasteiger partial charge in [-0.15, -0.1) is 0 Å². The van der Waals surface area contributed by atoms with Crippen molar-refractivity contribution in [3.8, 4) is 0 Å². The maximum Gasteiger partial charge on any atom is 0.336 e. The number of Topliss-reactive ketones (excluding diaryl/α,β-unsaturated/α-hetero) is 1. The number of benzene rings is 2. The molecule has 0 fully saturated rings. The molecule has 0 saturated carbocycles. The van der Waals surface area contributed by atoms with Crippen molar-refractivity contribution in [1.82, 2.24) is 4.57 Å². The molecular weight excluding hydrogens is 380 g/mol. The Balaban J connectivity index is 2.34. The summed E-state index contributed by atoms with van der Waals surface area (Å²) in [4.78, 5) is 36.6. The number of aromatic carboxylic acids is 1. The number of hydrogen-bond acceptors (Lipinski definition) is 3. The molecule has 0 radical (unpaired) electrons. The third-order valence-electron chi connectivity index (χ3n) is 5.29. The van der Waals surface area contributed by atoms with E-state index >= 15 is 0 Å². The van der Waals surface area contributed by atoms with E-state index < -0.39 is 11.9 Å². The topological polar surface area (TPSA) is 102 Å². The van der Waals surface area contributed by atoms with Crippen LogP contribution in [0.15, 0.2) is 42.5 Å². The maximum atomic E-state index is 13.1. The van der Waals surface area contributed by atoms with Gasteiger partial charge in [0.05, 0.1) is 11.1 Å². The molecule has 6 heteroatoms. The lowest BCUT2D eigenvalue weighted by Gasteiger charge is -2.14. The van der Waals surface area contributed by atoms with Crippen molar-refractivity contribution in [1.29, 1.82) is 0 Å². The molecular formula is C24H26N2O4. The summed E-state index contributed by atoms with van der Waals surface area (Å²) in [6.45, 7) is 6.03. The van der Waals surface area contributed by atoms with Gasteiger partial charge in [-0.3, -0.25) is 9.59 Å². The average Bonchev–Trinajstić information content (AvgIpc) is 3.00. The molecule has 2 aromatic carbocycles. The zero-order chi connectivity index (χ0) is 22.0. The number of amides is 1. The van der Waals surface area contributed by atoms with Gasteiger partial charge in [0.15, 0.2) is 5.78 Å². The number of nitrogens with zero attached hydrogens (tertiary/aromatic N) is 1. The van der Waals surface area contributed by atoms with Crippen LogP contribution in [0.4, 0.5) is 0 Å². The van der Waals surface area contributed by atoms with Crippen molar-refractivity contribution >= 4 is 28.6 Å². The normalized spacial score (nSPS) is 11.2. The SMILES string of the molecule is CCCc1c(C(=O)C(C)C)c2ccc(C(N)=O)cc2n1Cc1ccccc1C(=O)O. The number of carbonyl (C=O) groups excluding carboxylic acids is 2. The number of ketones is 1. The largest absolute Gasteiger partial charge is 0.478 e. The van der Waals surface area contributed by atoms with E-state index in [1.54, 1.807) is 42.5 Å². The van der Waals surface area contributed by atoms with E-state index in [1.165, 1.54) is 0 Å². The van der Waals surface area contributed by atoms with Crippen LogP contribution in [0.25, 0.3) is 10.9 Å². The van der Waals surface area contributed by atoms with Crippen LogP contribution in [0.2, 0.25) is 0 Å². The van der Waals surface area contributed by atoms with Crippen molar-refractivity contribution in [3.05, 3.63) is 70.4 Å². The number of fused-ring (bicyclic) bond motifs is 1. The minimum absolute atomic E-state index is 0.0283. The Morgan fingerprint density at radius 1 is 1.10 bits per heavy atom. The predicted molar refractivity (Wildman–Crippen MR) is 116 cm³/mol. The first-order chi connectivity index (χ1) is 14.3. The molecule has 0 saturated heterocycles. The van der Waals surface area contributed by atoms with E-state index in [0.717, 1.165) is 17.5 Å². The molecule has 0 aliphatic carbocycles. The number of nitrogens with two attached hydrogens (primary N) is 1. The molecule has 30 heavy (non-hydrogen) atoms. The minimum atomic E-state index is -1.00. The molecule has 0 aliphatic heterocycles. The highest BCUT2D eigenvalue weighted by molar-refractivity contribution is 6.11. The van der Waals surface area contributed by atoms with Gasteiger partial charge in [0, 0.05) is 34.7 Å². The van der Waals surface area contributed by atoms with E-state index in [0.29, 0.717) is 28.6 Å². The van der Waals surface area contributed by atoms with Gasteiger partial charge in [-0.2, -0.15) is 0 Å². The van der Waals surface area contributed by atoms with Gasteiger partial charge in [-0.1, -0.05) is 51.5 Å². The standard InChI is InChI=1S/C24H26N2O4/c1-4-7-19-21(22(27)14(2)3)18-11-10-15(23(25)28)12-20(18)26(19)13-16-8-5-6-9-17(16)24(29)30/h5-6,8-12,14H,4,7,13H2,1-3H3,(H2,25,28)(H,29,30). The second-order valence-corrected chi connectivity index (χ2v) is 7.74. The van der Waals surface area contributed by atoms with Crippen LogP contribution in [-0.2, 0) is 13.0 Å². The Labute approximate surface area is 175 Å². The highest BCUT2D eigenvalue weighted by atomic mass is 16.4. The van der Waals surface area contributed by atoms with E-state index in [-0.39, 0.29) is 23.8 Å². The molecule has 1 aromatic heterocycles. The van der Waals surface area contributed by atoms with Crippen LogP contribution in [0.5, 0.6) is 0 Å². The number of carbonyl (C=O) groups is 3. The zero-order valence-electron chi connectivity index (χ0n) is 17.4. The summed E-state index contributed by atoms with van der Waals surface area (Å²) < 4.78 is 1.96. The van der Waals surface area contributed by atoms with E-state index in [1.807, 2.05) is 25.3 Å². The number of hydrogen-bond donors (Lipinski definition) is 2. The molecule has 0 unspecified atom stereocenters. The molecule has 3 N–H and O–H groups in total. The lowest BCUT2D eigenvalue weighted by molar-refractivity contribution is 0.0695. The molecule has 6 nitrogen and oxygen atoms in total. The lowest BCUT2D eigenvalue weighted by atomic mass is 9.96. The summed E-state index contributed by atoms with van der Waals surface area (Å²) in [5.74, 6) is -1.72. The van der Waals surface area contributed by atoms with Gasteiger partial charge in [-0.25, -0.2) is 4.79 Å². The van der Waals surface area contributed by atoms with Gasteiger partial charge >= 0.3 is 5.97 Å². The number of carboxylic acid groups (broad SMARTS) is 1. The third kappa shape index (κ3) is 3.85. The Bertz CT molecular complexity index is 1140. The summed E-state index contributed by atoms with van der Waals surface area (Å²) in [5, 5.41) is 10.3. The molecule has 1 amide bonds. The van der Waals surface area contributed by atoms with E-state index in [2.05, 4.69) is 0 Å². The fourth-order valence-corrected chi connectivity index (χ4v) is 3.83. The quantitative estimate of drug-likeness (QED) is 0.545. The number of aromatic nitrogens is 1.